The fraction of sp³-hybridized carbons (Fsp3) is 0.647. The van der Waals surface area contributed by atoms with Gasteiger partial charge in [-0.25, -0.2) is 4.39 Å². The first-order chi connectivity index (χ1) is 8.75. The van der Waals surface area contributed by atoms with E-state index in [-0.39, 0.29) is 11.2 Å². The molecule has 1 N–H and O–H groups in total. The molecule has 0 radical (unpaired) electrons. The van der Waals surface area contributed by atoms with E-state index in [1.165, 1.54) is 0 Å². The van der Waals surface area contributed by atoms with E-state index >= 15 is 0 Å². The Morgan fingerprint density at radius 1 is 1.21 bits per heavy atom. The van der Waals surface area contributed by atoms with E-state index in [1.807, 2.05) is 13.8 Å². The van der Waals surface area contributed by atoms with Crippen LogP contribution in [0.4, 0.5) is 4.39 Å². The minimum atomic E-state index is -0.0540. The first-order valence-electron chi connectivity index (χ1n) is 7.24. The van der Waals surface area contributed by atoms with Crippen LogP contribution in [0.15, 0.2) is 12.1 Å². The molecule has 0 fully saturated rings. The van der Waals surface area contributed by atoms with E-state index in [9.17, 15) is 4.39 Å². The Labute approximate surface area is 117 Å². The summed E-state index contributed by atoms with van der Waals surface area (Å²) in [5, 5.41) is 3.52. The van der Waals surface area contributed by atoms with Gasteiger partial charge >= 0.3 is 0 Å². The molecule has 0 heterocycles. The van der Waals surface area contributed by atoms with Gasteiger partial charge in [-0.05, 0) is 61.4 Å². The van der Waals surface area contributed by atoms with Crippen LogP contribution in [0, 0.1) is 25.1 Å². The number of halogens is 1. The zero-order chi connectivity index (χ0) is 14.6. The second kappa shape index (κ2) is 6.51. The number of hydrogen-bond acceptors (Lipinski definition) is 1. The van der Waals surface area contributed by atoms with Gasteiger partial charge in [0.05, 0.1) is 0 Å². The van der Waals surface area contributed by atoms with E-state index in [1.54, 1.807) is 6.07 Å². The molecule has 19 heavy (non-hydrogen) atoms. The van der Waals surface area contributed by atoms with Crippen LogP contribution in [-0.4, -0.2) is 12.6 Å². The Kier molecular flexibility index (Phi) is 5.54. The first kappa shape index (κ1) is 16.2. The second-order valence-electron chi connectivity index (χ2n) is 6.56. The molecule has 1 unspecified atom stereocenters. The lowest BCUT2D eigenvalue weighted by molar-refractivity contribution is 0.258. The molecule has 0 amide bonds. The quantitative estimate of drug-likeness (QED) is 0.832. The lowest BCUT2D eigenvalue weighted by atomic mass is 9.83. The summed E-state index contributed by atoms with van der Waals surface area (Å²) in [7, 11) is 0. The Bertz CT molecular complexity index is 395. The Morgan fingerprint density at radius 2 is 1.84 bits per heavy atom. The summed E-state index contributed by atoms with van der Waals surface area (Å²) >= 11 is 0. The average molecular weight is 265 g/mol. The maximum absolute atomic E-state index is 14.0. The molecule has 0 spiro atoms. The van der Waals surface area contributed by atoms with Gasteiger partial charge in [-0.2, -0.15) is 0 Å². The van der Waals surface area contributed by atoms with Gasteiger partial charge in [0.15, 0.2) is 0 Å². The molecule has 1 rings (SSSR count). The molecule has 1 aromatic carbocycles. The van der Waals surface area contributed by atoms with Gasteiger partial charge in [-0.15, -0.1) is 0 Å². The van der Waals surface area contributed by atoms with Crippen molar-refractivity contribution in [1.82, 2.24) is 5.32 Å². The van der Waals surface area contributed by atoms with Crippen molar-refractivity contribution in [3.8, 4) is 0 Å². The largest absolute Gasteiger partial charge is 0.314 e. The fourth-order valence-electron chi connectivity index (χ4n) is 2.64. The average Bonchev–Trinajstić information content (AvgIpc) is 2.24. The molecular weight excluding hydrogens is 237 g/mol. The van der Waals surface area contributed by atoms with Gasteiger partial charge in [-0.3, -0.25) is 0 Å². The molecular formula is C17H28FN. The number of nitrogens with one attached hydrogen (secondary N) is 1. The predicted octanol–water partition coefficient (Wildman–Crippen LogP) is 4.40. The SMILES string of the molecule is CCNC(CCc1c(C)cc(C)cc1F)C(C)(C)C. The number of benzene rings is 1. The highest BCUT2D eigenvalue weighted by Gasteiger charge is 2.23. The Morgan fingerprint density at radius 3 is 2.32 bits per heavy atom. The van der Waals surface area contributed by atoms with Crippen LogP contribution in [0.3, 0.4) is 0 Å². The van der Waals surface area contributed by atoms with Crippen molar-refractivity contribution in [1.29, 1.82) is 0 Å². The highest BCUT2D eigenvalue weighted by atomic mass is 19.1. The molecule has 0 bridgehead atoms. The van der Waals surface area contributed by atoms with Gasteiger partial charge in [0.1, 0.15) is 5.82 Å². The standard InChI is InChI=1S/C17H28FN/c1-7-19-16(17(4,5)6)9-8-14-13(3)10-12(2)11-15(14)18/h10-11,16,19H,7-9H2,1-6H3. The lowest BCUT2D eigenvalue weighted by Gasteiger charge is -2.31. The van der Waals surface area contributed by atoms with Crippen molar-refractivity contribution in [2.75, 3.05) is 6.54 Å². The molecule has 1 atom stereocenters. The molecule has 1 nitrogen and oxygen atoms in total. The minimum Gasteiger partial charge on any atom is -0.314 e. The zero-order valence-electron chi connectivity index (χ0n) is 13.2. The molecule has 0 aliphatic carbocycles. The molecule has 0 aliphatic heterocycles. The highest BCUT2D eigenvalue weighted by Crippen LogP contribution is 2.25. The van der Waals surface area contributed by atoms with Crippen LogP contribution in [-0.2, 0) is 6.42 Å². The lowest BCUT2D eigenvalue weighted by Crippen LogP contribution is -2.40. The third-order valence-electron chi connectivity index (χ3n) is 3.74. The zero-order valence-corrected chi connectivity index (χ0v) is 13.2. The summed E-state index contributed by atoms with van der Waals surface area (Å²) in [6, 6.07) is 4.12. The first-order valence-corrected chi connectivity index (χ1v) is 7.24. The molecule has 0 aliphatic rings. The van der Waals surface area contributed by atoms with E-state index in [0.29, 0.717) is 6.04 Å². The summed E-state index contributed by atoms with van der Waals surface area (Å²) in [5.74, 6) is -0.0540. The van der Waals surface area contributed by atoms with Gasteiger partial charge in [0.2, 0.25) is 0 Å². The summed E-state index contributed by atoms with van der Waals surface area (Å²) in [4.78, 5) is 0. The van der Waals surface area contributed by atoms with Crippen molar-refractivity contribution in [3.05, 3.63) is 34.6 Å². The number of rotatable bonds is 5. The van der Waals surface area contributed by atoms with Crippen LogP contribution in [0.5, 0.6) is 0 Å². The van der Waals surface area contributed by atoms with Crippen LogP contribution < -0.4 is 5.32 Å². The third-order valence-corrected chi connectivity index (χ3v) is 3.74. The molecule has 0 aromatic heterocycles. The predicted molar refractivity (Wildman–Crippen MR) is 81.1 cm³/mol. The van der Waals surface area contributed by atoms with Gasteiger partial charge in [0.25, 0.3) is 0 Å². The summed E-state index contributed by atoms with van der Waals surface area (Å²) in [6.07, 6.45) is 1.77. The number of hydrogen-bond donors (Lipinski definition) is 1. The smallest absolute Gasteiger partial charge is 0.126 e. The highest BCUT2D eigenvalue weighted by molar-refractivity contribution is 5.32. The second-order valence-corrected chi connectivity index (χ2v) is 6.56. The Balaban J connectivity index is 2.80. The monoisotopic (exact) mass is 265 g/mol. The van der Waals surface area contributed by atoms with E-state index < -0.39 is 0 Å². The molecule has 2 heteroatoms. The van der Waals surface area contributed by atoms with E-state index in [0.717, 1.165) is 36.1 Å². The van der Waals surface area contributed by atoms with Crippen LogP contribution >= 0.6 is 0 Å². The normalized spacial score (nSPS) is 13.6. The van der Waals surface area contributed by atoms with Gasteiger partial charge in [-0.1, -0.05) is 33.8 Å². The summed E-state index contributed by atoms with van der Waals surface area (Å²) in [6.45, 7) is 13.7. The van der Waals surface area contributed by atoms with Crippen LogP contribution in [0.1, 0.15) is 50.8 Å². The summed E-state index contributed by atoms with van der Waals surface area (Å²) in [5.41, 5.74) is 3.14. The van der Waals surface area contributed by atoms with Crippen molar-refractivity contribution >= 4 is 0 Å². The van der Waals surface area contributed by atoms with E-state index in [2.05, 4.69) is 39.1 Å². The molecule has 0 saturated carbocycles. The van der Waals surface area contributed by atoms with Crippen LogP contribution in [0.25, 0.3) is 0 Å². The fourth-order valence-corrected chi connectivity index (χ4v) is 2.64. The maximum Gasteiger partial charge on any atom is 0.126 e. The van der Waals surface area contributed by atoms with Gasteiger partial charge in [0, 0.05) is 6.04 Å². The topological polar surface area (TPSA) is 12.0 Å². The Hall–Kier alpha value is -0.890. The van der Waals surface area contributed by atoms with E-state index in [4.69, 9.17) is 0 Å². The van der Waals surface area contributed by atoms with Crippen LogP contribution in [0.2, 0.25) is 0 Å². The third kappa shape index (κ3) is 4.61. The van der Waals surface area contributed by atoms with Crippen molar-refractivity contribution in [3.63, 3.8) is 0 Å². The van der Waals surface area contributed by atoms with Crippen molar-refractivity contribution < 1.29 is 4.39 Å². The van der Waals surface area contributed by atoms with Crippen molar-refractivity contribution in [2.45, 2.75) is 60.4 Å². The summed E-state index contributed by atoms with van der Waals surface area (Å²) < 4.78 is 14.0. The molecule has 0 saturated heterocycles. The van der Waals surface area contributed by atoms with Gasteiger partial charge < -0.3 is 5.32 Å². The van der Waals surface area contributed by atoms with Crippen molar-refractivity contribution in [2.24, 2.45) is 5.41 Å². The minimum absolute atomic E-state index is 0.0540. The number of aryl methyl sites for hydroxylation is 2. The maximum atomic E-state index is 14.0. The molecule has 108 valence electrons. The molecule has 1 aromatic rings.